The molecule has 4 atom stereocenters. The number of rotatable bonds is 13. The monoisotopic (exact) mass is 673 g/mol. The van der Waals surface area contributed by atoms with E-state index in [-0.39, 0.29) is 47.4 Å². The van der Waals surface area contributed by atoms with Crippen molar-refractivity contribution in [2.75, 3.05) is 62.2 Å². The lowest BCUT2D eigenvalue weighted by Crippen LogP contribution is -2.42. The van der Waals surface area contributed by atoms with Crippen molar-refractivity contribution in [2.24, 2.45) is 17.8 Å². The van der Waals surface area contributed by atoms with Gasteiger partial charge in [-0.3, -0.25) is 9.59 Å². The lowest BCUT2D eigenvalue weighted by Gasteiger charge is -2.32. The molecule has 0 bridgehead atoms. The maximum Gasteiger partial charge on any atom is 0.311 e. The van der Waals surface area contributed by atoms with Crippen LogP contribution in [0.1, 0.15) is 50.2 Å². The van der Waals surface area contributed by atoms with Crippen LogP contribution in [0.5, 0.6) is 5.88 Å². The molecule has 3 aromatic rings. The molecule has 0 radical (unpaired) electrons. The first-order valence-electron chi connectivity index (χ1n) is 17.7. The number of aromatic nitrogens is 1. The molecule has 1 amide bonds. The predicted octanol–water partition coefficient (Wildman–Crippen LogP) is 5.37. The van der Waals surface area contributed by atoms with Gasteiger partial charge in [-0.2, -0.15) is 0 Å². The van der Waals surface area contributed by atoms with Gasteiger partial charge in [0.25, 0.3) is 0 Å². The number of hydrogen-bond donors (Lipinski definition) is 1. The quantitative estimate of drug-likeness (QED) is 0.243. The molecule has 49 heavy (non-hydrogen) atoms. The van der Waals surface area contributed by atoms with Gasteiger partial charge in [0, 0.05) is 74.4 Å². The highest BCUT2D eigenvalue weighted by atomic mass is 19.1. The van der Waals surface area contributed by atoms with Crippen molar-refractivity contribution in [3.05, 3.63) is 84.1 Å². The van der Waals surface area contributed by atoms with E-state index >= 15 is 0 Å². The molecule has 4 heterocycles. The van der Waals surface area contributed by atoms with Crippen LogP contribution in [0.25, 0.3) is 0 Å². The molecule has 2 aromatic carbocycles. The second-order valence-electron chi connectivity index (χ2n) is 13.9. The Bertz CT molecular complexity index is 1560. The molecule has 3 unspecified atom stereocenters. The fraction of sp³-hybridized carbons (Fsp3) is 0.500. The summed E-state index contributed by atoms with van der Waals surface area (Å²) in [5.41, 5.74) is 2.55. The van der Waals surface area contributed by atoms with Crippen molar-refractivity contribution in [1.82, 2.24) is 15.2 Å². The van der Waals surface area contributed by atoms with Crippen LogP contribution in [0.2, 0.25) is 0 Å². The van der Waals surface area contributed by atoms with Gasteiger partial charge in [-0.25, -0.2) is 13.8 Å². The first-order valence-corrected chi connectivity index (χ1v) is 17.7. The lowest BCUT2D eigenvalue weighted by molar-refractivity contribution is -0.157. The van der Waals surface area contributed by atoms with Crippen LogP contribution in [0.4, 0.5) is 20.2 Å². The Labute approximate surface area is 286 Å². The molecule has 3 aliphatic heterocycles. The van der Waals surface area contributed by atoms with E-state index in [1.165, 1.54) is 24.3 Å². The van der Waals surface area contributed by atoms with Crippen LogP contribution in [-0.2, 0) is 14.3 Å². The average Bonchev–Trinajstić information content (AvgIpc) is 3.50. The second-order valence-corrected chi connectivity index (χ2v) is 13.9. The number of benzene rings is 2. The summed E-state index contributed by atoms with van der Waals surface area (Å²) in [6.07, 6.45) is 6.95. The van der Waals surface area contributed by atoms with E-state index in [4.69, 9.17) is 9.47 Å². The zero-order valence-electron chi connectivity index (χ0n) is 27.8. The largest absolute Gasteiger partial charge is 0.474 e. The van der Waals surface area contributed by atoms with Crippen molar-refractivity contribution in [3.63, 3.8) is 0 Å². The lowest BCUT2D eigenvalue weighted by atomic mass is 9.94. The second kappa shape index (κ2) is 15.1. The standard InChI is InChI=1S/C38H45F2N5O4/c39-30-4-8-32(9-5-30)44-19-15-27(24-44)37(46)42-22-29(23-43-17-1-2-18-43)36(26-3-14-35(41-21-26)48-34-12-13-34)49-38(47)28-16-20-45(25-28)33-10-6-31(40)7-11-33/h3-11,14,21,27-29,34,36H,1-2,12-13,15-20,22-25H2,(H,42,46)/t27?,28?,29?,36-/m1/s1. The van der Waals surface area contributed by atoms with Crippen LogP contribution >= 0.6 is 0 Å². The maximum atomic E-state index is 13.9. The summed E-state index contributed by atoms with van der Waals surface area (Å²) < 4.78 is 39.4. The number of carbonyl (C=O) groups excluding carboxylic acids is 2. The minimum Gasteiger partial charge on any atom is -0.474 e. The van der Waals surface area contributed by atoms with Gasteiger partial charge in [-0.05, 0) is 106 Å². The number of ether oxygens (including phenoxy) is 2. The molecule has 7 rings (SSSR count). The molecule has 1 saturated carbocycles. The highest BCUT2D eigenvalue weighted by Gasteiger charge is 2.37. The molecule has 1 N–H and O–H groups in total. The third kappa shape index (κ3) is 8.49. The number of pyridine rings is 1. The van der Waals surface area contributed by atoms with Crippen molar-refractivity contribution < 1.29 is 27.8 Å². The normalized spacial score (nSPS) is 22.2. The van der Waals surface area contributed by atoms with Gasteiger partial charge in [-0.15, -0.1) is 0 Å². The summed E-state index contributed by atoms with van der Waals surface area (Å²) in [5, 5.41) is 3.22. The van der Waals surface area contributed by atoms with Crippen molar-refractivity contribution >= 4 is 23.3 Å². The summed E-state index contributed by atoms with van der Waals surface area (Å²) >= 11 is 0. The number of likely N-dealkylation sites (tertiary alicyclic amines) is 1. The molecule has 4 fully saturated rings. The number of carbonyl (C=O) groups is 2. The number of nitrogens with one attached hydrogen (secondary N) is 1. The van der Waals surface area contributed by atoms with Gasteiger partial charge in [-0.1, -0.05) is 0 Å². The molecule has 1 aromatic heterocycles. The summed E-state index contributed by atoms with van der Waals surface area (Å²) in [7, 11) is 0. The first kappa shape index (κ1) is 33.3. The van der Waals surface area contributed by atoms with E-state index in [1.807, 2.05) is 12.1 Å². The highest BCUT2D eigenvalue weighted by molar-refractivity contribution is 5.80. The van der Waals surface area contributed by atoms with E-state index < -0.39 is 6.10 Å². The topological polar surface area (TPSA) is 87.2 Å². The fourth-order valence-electron chi connectivity index (χ4n) is 7.28. The number of hydrogen-bond acceptors (Lipinski definition) is 8. The number of nitrogens with zero attached hydrogens (tertiary/aromatic N) is 4. The number of esters is 1. The van der Waals surface area contributed by atoms with E-state index in [1.54, 1.807) is 30.5 Å². The minimum atomic E-state index is -0.630. The first-order chi connectivity index (χ1) is 23.9. The van der Waals surface area contributed by atoms with Crippen LogP contribution in [0.3, 0.4) is 0 Å². The van der Waals surface area contributed by atoms with Crippen molar-refractivity contribution in [3.8, 4) is 5.88 Å². The molecular weight excluding hydrogens is 628 g/mol. The Morgan fingerprint density at radius 2 is 1.41 bits per heavy atom. The van der Waals surface area contributed by atoms with E-state index in [0.717, 1.165) is 62.3 Å². The van der Waals surface area contributed by atoms with E-state index in [2.05, 4.69) is 25.0 Å². The van der Waals surface area contributed by atoms with Gasteiger partial charge >= 0.3 is 5.97 Å². The highest BCUT2D eigenvalue weighted by Crippen LogP contribution is 2.33. The van der Waals surface area contributed by atoms with Crippen molar-refractivity contribution in [2.45, 2.75) is 50.7 Å². The van der Waals surface area contributed by atoms with Gasteiger partial charge in [0.2, 0.25) is 11.8 Å². The third-order valence-corrected chi connectivity index (χ3v) is 10.3. The predicted molar refractivity (Wildman–Crippen MR) is 182 cm³/mol. The molecule has 260 valence electrons. The van der Waals surface area contributed by atoms with E-state index in [0.29, 0.717) is 51.4 Å². The van der Waals surface area contributed by atoms with Gasteiger partial charge in [0.15, 0.2) is 0 Å². The Balaban J connectivity index is 1.06. The summed E-state index contributed by atoms with van der Waals surface area (Å²) in [4.78, 5) is 38.6. The SMILES string of the molecule is O=C(NCC(CN1CCCC1)[C@H](OC(=O)C1CCN(c2ccc(F)cc2)C1)c1ccc(OC2CC2)nc1)C1CCN(c2ccc(F)cc2)C1. The van der Waals surface area contributed by atoms with Gasteiger partial charge < -0.3 is 29.5 Å². The van der Waals surface area contributed by atoms with Crippen LogP contribution in [0, 0.1) is 29.4 Å². The summed E-state index contributed by atoms with van der Waals surface area (Å²) in [6.45, 7) is 5.37. The Kier molecular flexibility index (Phi) is 10.3. The number of amides is 1. The van der Waals surface area contributed by atoms with Gasteiger partial charge in [0.1, 0.15) is 23.8 Å². The number of halogens is 2. The molecule has 4 aliphatic rings. The van der Waals surface area contributed by atoms with Crippen LogP contribution in [0.15, 0.2) is 66.9 Å². The smallest absolute Gasteiger partial charge is 0.311 e. The molecule has 1 aliphatic carbocycles. The van der Waals surface area contributed by atoms with Crippen LogP contribution < -0.4 is 19.9 Å². The molecule has 11 heteroatoms. The Hall–Kier alpha value is -4.25. The fourth-order valence-corrected chi connectivity index (χ4v) is 7.28. The zero-order valence-corrected chi connectivity index (χ0v) is 27.8. The zero-order chi connectivity index (χ0) is 33.7. The molecule has 3 saturated heterocycles. The molecule has 0 spiro atoms. The third-order valence-electron chi connectivity index (χ3n) is 10.3. The maximum absolute atomic E-state index is 13.9. The van der Waals surface area contributed by atoms with E-state index in [9.17, 15) is 18.4 Å². The number of anilines is 2. The average molecular weight is 674 g/mol. The Morgan fingerprint density at radius 1 is 0.796 bits per heavy atom. The van der Waals surface area contributed by atoms with Gasteiger partial charge in [0.05, 0.1) is 11.8 Å². The summed E-state index contributed by atoms with van der Waals surface area (Å²) in [5.74, 6) is -1.08. The summed E-state index contributed by atoms with van der Waals surface area (Å²) in [6, 6.07) is 16.5. The minimum absolute atomic E-state index is 0.0295. The Morgan fingerprint density at radius 3 is 2.00 bits per heavy atom. The van der Waals surface area contributed by atoms with Crippen molar-refractivity contribution in [1.29, 1.82) is 0 Å². The molecule has 9 nitrogen and oxygen atoms in total. The van der Waals surface area contributed by atoms with Crippen LogP contribution in [-0.4, -0.2) is 80.2 Å². The molecular formula is C38H45F2N5O4.